The first-order chi connectivity index (χ1) is 8.54. The lowest BCUT2D eigenvalue weighted by Gasteiger charge is -2.25. The number of nitrogens with one attached hydrogen (secondary N) is 1. The predicted octanol–water partition coefficient (Wildman–Crippen LogP) is 2.44. The van der Waals surface area contributed by atoms with Crippen molar-refractivity contribution < 1.29 is 4.74 Å². The highest BCUT2D eigenvalue weighted by Crippen LogP contribution is 2.23. The van der Waals surface area contributed by atoms with Gasteiger partial charge >= 0.3 is 0 Å². The van der Waals surface area contributed by atoms with Crippen LogP contribution in [0.3, 0.4) is 0 Å². The molecule has 0 bridgehead atoms. The summed E-state index contributed by atoms with van der Waals surface area (Å²) in [5.41, 5.74) is 2.25. The molecule has 1 N–H and O–H groups in total. The van der Waals surface area contributed by atoms with Crippen molar-refractivity contribution in [3.05, 3.63) is 15.9 Å². The molecule has 0 spiro atoms. The second-order valence-electron chi connectivity index (χ2n) is 4.63. The Morgan fingerprint density at radius 1 is 1.50 bits per heavy atom. The van der Waals surface area contributed by atoms with Crippen LogP contribution in [0.15, 0.2) is 4.47 Å². The van der Waals surface area contributed by atoms with E-state index in [1.165, 1.54) is 5.69 Å². The third kappa shape index (κ3) is 3.56. The van der Waals surface area contributed by atoms with Crippen LogP contribution in [0, 0.1) is 6.92 Å². The van der Waals surface area contributed by atoms with Gasteiger partial charge in [-0.25, -0.2) is 0 Å². The molecule has 4 nitrogen and oxygen atoms in total. The molecular weight excluding hydrogens is 294 g/mol. The van der Waals surface area contributed by atoms with Crippen LogP contribution in [-0.2, 0) is 18.2 Å². The molecule has 1 aromatic heterocycles. The number of ether oxygens (including phenoxy) is 1. The van der Waals surface area contributed by atoms with Gasteiger partial charge in [0.15, 0.2) is 0 Å². The Hall–Kier alpha value is -0.390. The lowest BCUT2D eigenvalue weighted by molar-refractivity contribution is 0.0627. The van der Waals surface area contributed by atoms with Gasteiger partial charge in [-0.05, 0) is 36.3 Å². The van der Waals surface area contributed by atoms with E-state index in [0.717, 1.165) is 29.4 Å². The van der Waals surface area contributed by atoms with E-state index >= 15 is 0 Å². The summed E-state index contributed by atoms with van der Waals surface area (Å²) in [5, 5.41) is 7.79. The second-order valence-corrected chi connectivity index (χ2v) is 5.42. The summed E-state index contributed by atoms with van der Waals surface area (Å²) < 4.78 is 8.65. The molecule has 0 aliphatic carbocycles. The molecule has 0 saturated carbocycles. The maximum absolute atomic E-state index is 5.60. The first-order valence-electron chi connectivity index (χ1n) is 6.43. The summed E-state index contributed by atoms with van der Waals surface area (Å²) in [7, 11) is 5.76. The van der Waals surface area contributed by atoms with Crippen LogP contribution in [0.2, 0.25) is 0 Å². The third-order valence-corrected chi connectivity index (χ3v) is 4.40. The number of halogens is 1. The molecule has 2 unspecified atom stereocenters. The Morgan fingerprint density at radius 3 is 2.56 bits per heavy atom. The zero-order chi connectivity index (χ0) is 13.7. The van der Waals surface area contributed by atoms with Gasteiger partial charge in [0.05, 0.1) is 22.0 Å². The molecule has 104 valence electrons. The van der Waals surface area contributed by atoms with E-state index in [9.17, 15) is 0 Å². The zero-order valence-electron chi connectivity index (χ0n) is 12.0. The number of likely N-dealkylation sites (N-methyl/N-ethyl adjacent to an activating group) is 1. The van der Waals surface area contributed by atoms with Crippen LogP contribution in [0.5, 0.6) is 0 Å². The Morgan fingerprint density at radius 2 is 2.17 bits per heavy atom. The quantitative estimate of drug-likeness (QED) is 0.839. The van der Waals surface area contributed by atoms with Crippen LogP contribution < -0.4 is 5.32 Å². The standard InChI is InChI=1S/C13H24BrN3O/c1-6-7-12(18-5)10(15-3)8-11-13(14)9(2)16-17(11)4/h10,12,15H,6-8H2,1-5H3. The lowest BCUT2D eigenvalue weighted by Crippen LogP contribution is -2.41. The van der Waals surface area contributed by atoms with Gasteiger partial charge in [-0.3, -0.25) is 4.68 Å². The smallest absolute Gasteiger partial charge is 0.0738 e. The van der Waals surface area contributed by atoms with E-state index in [4.69, 9.17) is 4.74 Å². The lowest BCUT2D eigenvalue weighted by atomic mass is 10.0. The molecule has 1 heterocycles. The fourth-order valence-corrected chi connectivity index (χ4v) is 2.80. The number of nitrogens with zero attached hydrogens (tertiary/aromatic N) is 2. The molecule has 0 aliphatic heterocycles. The maximum atomic E-state index is 5.60. The molecule has 18 heavy (non-hydrogen) atoms. The second kappa shape index (κ2) is 7.26. The molecule has 0 saturated heterocycles. The molecule has 5 heteroatoms. The Labute approximate surface area is 118 Å². The van der Waals surface area contributed by atoms with Crippen molar-refractivity contribution in [2.24, 2.45) is 7.05 Å². The van der Waals surface area contributed by atoms with Gasteiger partial charge in [-0.2, -0.15) is 5.10 Å². The van der Waals surface area contributed by atoms with Crippen molar-refractivity contribution in [2.45, 2.75) is 45.3 Å². The average molecular weight is 318 g/mol. The number of methoxy groups -OCH3 is 1. The highest BCUT2D eigenvalue weighted by Gasteiger charge is 2.22. The Kier molecular flexibility index (Phi) is 6.32. The van der Waals surface area contributed by atoms with E-state index in [1.807, 2.05) is 25.7 Å². The van der Waals surface area contributed by atoms with Gasteiger partial charge in [0, 0.05) is 26.6 Å². The van der Waals surface area contributed by atoms with Gasteiger partial charge in [0.2, 0.25) is 0 Å². The van der Waals surface area contributed by atoms with Crippen molar-refractivity contribution in [2.75, 3.05) is 14.2 Å². The van der Waals surface area contributed by atoms with Gasteiger partial charge in [0.1, 0.15) is 0 Å². The van der Waals surface area contributed by atoms with Crippen LogP contribution in [0.25, 0.3) is 0 Å². The largest absolute Gasteiger partial charge is 0.380 e. The molecule has 2 atom stereocenters. The molecule has 1 aromatic rings. The van der Waals surface area contributed by atoms with E-state index < -0.39 is 0 Å². The molecule has 0 amide bonds. The SMILES string of the molecule is CCCC(OC)C(Cc1c(Br)c(C)nn1C)NC. The summed E-state index contributed by atoms with van der Waals surface area (Å²) in [6, 6.07) is 0.307. The minimum Gasteiger partial charge on any atom is -0.380 e. The summed E-state index contributed by atoms with van der Waals surface area (Å²) in [4.78, 5) is 0. The van der Waals surface area contributed by atoms with Gasteiger partial charge in [-0.1, -0.05) is 13.3 Å². The minimum atomic E-state index is 0.238. The number of hydrogen-bond acceptors (Lipinski definition) is 3. The fourth-order valence-electron chi connectivity index (χ4n) is 2.30. The van der Waals surface area contributed by atoms with Crippen LogP contribution >= 0.6 is 15.9 Å². The van der Waals surface area contributed by atoms with Crippen LogP contribution in [0.4, 0.5) is 0 Å². The molecule has 0 radical (unpaired) electrons. The summed E-state index contributed by atoms with van der Waals surface area (Å²) >= 11 is 3.62. The maximum Gasteiger partial charge on any atom is 0.0738 e. The topological polar surface area (TPSA) is 39.1 Å². The predicted molar refractivity (Wildman–Crippen MR) is 77.9 cm³/mol. The third-order valence-electron chi connectivity index (χ3n) is 3.37. The van der Waals surface area contributed by atoms with Crippen molar-refractivity contribution in [1.29, 1.82) is 0 Å². The minimum absolute atomic E-state index is 0.238. The van der Waals surface area contributed by atoms with E-state index in [0.29, 0.717) is 6.04 Å². The molecular formula is C13H24BrN3O. The summed E-state index contributed by atoms with van der Waals surface area (Å²) in [6.45, 7) is 4.20. The first-order valence-corrected chi connectivity index (χ1v) is 7.22. The number of rotatable bonds is 7. The molecule has 0 fully saturated rings. The van der Waals surface area contributed by atoms with Gasteiger partial charge < -0.3 is 10.1 Å². The normalized spacial score (nSPS) is 14.8. The summed E-state index contributed by atoms with van der Waals surface area (Å²) in [5.74, 6) is 0. The first kappa shape index (κ1) is 15.7. The van der Waals surface area contributed by atoms with Crippen molar-refractivity contribution in [1.82, 2.24) is 15.1 Å². The van der Waals surface area contributed by atoms with Gasteiger partial charge in [-0.15, -0.1) is 0 Å². The van der Waals surface area contributed by atoms with Crippen molar-refractivity contribution in [3.8, 4) is 0 Å². The zero-order valence-corrected chi connectivity index (χ0v) is 13.5. The summed E-state index contributed by atoms with van der Waals surface area (Å²) in [6.07, 6.45) is 3.34. The van der Waals surface area contributed by atoms with Crippen LogP contribution in [-0.4, -0.2) is 36.1 Å². The molecule has 1 rings (SSSR count). The fraction of sp³-hybridized carbons (Fsp3) is 0.769. The molecule has 0 aromatic carbocycles. The van der Waals surface area contributed by atoms with Gasteiger partial charge in [0.25, 0.3) is 0 Å². The highest BCUT2D eigenvalue weighted by molar-refractivity contribution is 9.10. The highest BCUT2D eigenvalue weighted by atomic mass is 79.9. The van der Waals surface area contributed by atoms with Crippen LogP contribution in [0.1, 0.15) is 31.2 Å². The average Bonchev–Trinajstić information content (AvgIpc) is 2.59. The van der Waals surface area contributed by atoms with E-state index in [1.54, 1.807) is 7.11 Å². The monoisotopic (exact) mass is 317 g/mol. The Bertz CT molecular complexity index is 379. The van der Waals surface area contributed by atoms with Crippen molar-refractivity contribution in [3.63, 3.8) is 0 Å². The number of aromatic nitrogens is 2. The van der Waals surface area contributed by atoms with E-state index in [-0.39, 0.29) is 6.10 Å². The van der Waals surface area contributed by atoms with Crippen molar-refractivity contribution >= 4 is 15.9 Å². The van der Waals surface area contributed by atoms with E-state index in [2.05, 4.69) is 33.3 Å². The number of aryl methyl sites for hydroxylation is 2. The molecule has 0 aliphatic rings. The Balaban J connectivity index is 2.84. The number of hydrogen-bond donors (Lipinski definition) is 1.